The number of piperazine rings is 1. The van der Waals surface area contributed by atoms with Crippen molar-refractivity contribution in [3.8, 4) is 0 Å². The number of rotatable bonds is 3. The molecule has 1 amide bonds. The van der Waals surface area contributed by atoms with E-state index in [1.54, 1.807) is 0 Å². The van der Waals surface area contributed by atoms with Gasteiger partial charge in [0.25, 0.3) is 0 Å². The molecule has 6 nitrogen and oxygen atoms in total. The summed E-state index contributed by atoms with van der Waals surface area (Å²) in [6.45, 7) is 5.45. The number of carbonyl (C=O) groups excluding carboxylic acids is 1. The number of morpholine rings is 1. The molecule has 4 aliphatic rings. The minimum Gasteiger partial charge on any atom is -0.378 e. The van der Waals surface area contributed by atoms with Crippen molar-refractivity contribution in [2.75, 3.05) is 59.7 Å². The summed E-state index contributed by atoms with van der Waals surface area (Å²) in [5.41, 5.74) is -0.0595. The standard InChI is InChI=1S/C18H29F2N3O3/c1-25-10-16(24)21-8-15-9-26-7-6-23(15)17(11-21)12-22(13-17)14-2-4-18(19,20)5-3-14/h14-15H,2-13H2,1H3/t15-/m1/s1. The lowest BCUT2D eigenvalue weighted by molar-refractivity contribution is -0.186. The van der Waals surface area contributed by atoms with E-state index in [-0.39, 0.29) is 43.0 Å². The molecule has 0 bridgehead atoms. The van der Waals surface area contributed by atoms with Gasteiger partial charge in [0.15, 0.2) is 0 Å². The highest BCUT2D eigenvalue weighted by Gasteiger charge is 2.56. The molecule has 3 heterocycles. The zero-order chi connectivity index (χ0) is 18.4. The number of alkyl halides is 2. The summed E-state index contributed by atoms with van der Waals surface area (Å²) in [5, 5.41) is 0. The molecule has 3 aliphatic heterocycles. The van der Waals surface area contributed by atoms with E-state index in [1.807, 2.05) is 4.90 Å². The number of methoxy groups -OCH3 is 1. The van der Waals surface area contributed by atoms with Gasteiger partial charge in [-0.25, -0.2) is 8.78 Å². The molecule has 0 aromatic heterocycles. The van der Waals surface area contributed by atoms with Crippen molar-refractivity contribution in [2.45, 2.75) is 49.2 Å². The van der Waals surface area contributed by atoms with Gasteiger partial charge in [-0.1, -0.05) is 0 Å². The number of amides is 1. The normalized spacial score (nSPS) is 32.3. The van der Waals surface area contributed by atoms with Crippen molar-refractivity contribution in [2.24, 2.45) is 0 Å². The summed E-state index contributed by atoms with van der Waals surface area (Å²) in [6.07, 6.45) is 1.14. The smallest absolute Gasteiger partial charge is 0.248 e. The highest BCUT2D eigenvalue weighted by Crippen LogP contribution is 2.41. The Hall–Kier alpha value is -0.830. The molecule has 4 fully saturated rings. The van der Waals surface area contributed by atoms with E-state index in [0.717, 1.165) is 26.2 Å². The maximum Gasteiger partial charge on any atom is 0.248 e. The van der Waals surface area contributed by atoms with Crippen LogP contribution in [0.2, 0.25) is 0 Å². The van der Waals surface area contributed by atoms with Crippen LogP contribution in [0.15, 0.2) is 0 Å². The minimum atomic E-state index is -2.48. The zero-order valence-electron chi connectivity index (χ0n) is 15.5. The highest BCUT2D eigenvalue weighted by atomic mass is 19.3. The quantitative estimate of drug-likeness (QED) is 0.733. The molecule has 4 rings (SSSR count). The minimum absolute atomic E-state index is 0.000203. The Bertz CT molecular complexity index is 532. The van der Waals surface area contributed by atoms with Gasteiger partial charge < -0.3 is 14.4 Å². The van der Waals surface area contributed by atoms with E-state index >= 15 is 0 Å². The first kappa shape index (κ1) is 18.5. The van der Waals surface area contributed by atoms with Gasteiger partial charge in [-0.05, 0) is 12.8 Å². The molecule has 8 heteroatoms. The fourth-order valence-electron chi connectivity index (χ4n) is 5.24. The second kappa shape index (κ2) is 6.96. The Balaban J connectivity index is 1.43. The van der Waals surface area contributed by atoms with E-state index in [1.165, 1.54) is 7.11 Å². The van der Waals surface area contributed by atoms with Crippen LogP contribution in [0.5, 0.6) is 0 Å². The van der Waals surface area contributed by atoms with Gasteiger partial charge in [0, 0.05) is 58.7 Å². The molecule has 0 unspecified atom stereocenters. The number of fused-ring (bicyclic) bond motifs is 2. The first-order valence-corrected chi connectivity index (χ1v) is 9.66. The molecule has 1 aliphatic carbocycles. The van der Waals surface area contributed by atoms with Crippen LogP contribution in [0.4, 0.5) is 8.78 Å². The van der Waals surface area contributed by atoms with Crippen molar-refractivity contribution in [1.29, 1.82) is 0 Å². The number of hydrogen-bond acceptors (Lipinski definition) is 5. The van der Waals surface area contributed by atoms with Crippen LogP contribution in [0.25, 0.3) is 0 Å². The molecule has 148 valence electrons. The van der Waals surface area contributed by atoms with Gasteiger partial charge in [-0.3, -0.25) is 14.6 Å². The lowest BCUT2D eigenvalue weighted by atomic mass is 9.79. The summed E-state index contributed by atoms with van der Waals surface area (Å²) in [4.78, 5) is 19.2. The van der Waals surface area contributed by atoms with Crippen LogP contribution in [0, 0.1) is 0 Å². The van der Waals surface area contributed by atoms with Crippen LogP contribution in [-0.4, -0.2) is 104 Å². The van der Waals surface area contributed by atoms with E-state index < -0.39 is 5.92 Å². The molecule has 26 heavy (non-hydrogen) atoms. The largest absolute Gasteiger partial charge is 0.378 e. The van der Waals surface area contributed by atoms with E-state index in [4.69, 9.17) is 9.47 Å². The Morgan fingerprint density at radius 2 is 1.92 bits per heavy atom. The van der Waals surface area contributed by atoms with Crippen LogP contribution in [0.3, 0.4) is 0 Å². The summed E-state index contributed by atoms with van der Waals surface area (Å²) < 4.78 is 37.6. The van der Waals surface area contributed by atoms with Gasteiger partial charge >= 0.3 is 0 Å². The average molecular weight is 373 g/mol. The monoisotopic (exact) mass is 373 g/mol. The molecule has 1 spiro atoms. The Morgan fingerprint density at radius 3 is 2.62 bits per heavy atom. The maximum absolute atomic E-state index is 13.4. The number of ether oxygens (including phenoxy) is 2. The average Bonchev–Trinajstić information content (AvgIpc) is 2.59. The number of nitrogens with zero attached hydrogens (tertiary/aromatic N) is 3. The van der Waals surface area contributed by atoms with Gasteiger partial charge in [-0.15, -0.1) is 0 Å². The molecule has 1 saturated carbocycles. The van der Waals surface area contributed by atoms with Crippen LogP contribution in [-0.2, 0) is 14.3 Å². The molecule has 0 radical (unpaired) electrons. The van der Waals surface area contributed by atoms with E-state index in [9.17, 15) is 13.6 Å². The molecule has 1 atom stereocenters. The molecule has 0 aromatic rings. The predicted octanol–water partition coefficient (Wildman–Crippen LogP) is 0.808. The SMILES string of the molecule is COCC(=O)N1C[C@@H]2COCCN2C2(C1)CN(C1CCC(F)(F)CC1)C2. The van der Waals surface area contributed by atoms with Gasteiger partial charge in [0.2, 0.25) is 11.8 Å². The van der Waals surface area contributed by atoms with E-state index in [2.05, 4.69) is 9.80 Å². The summed E-state index contributed by atoms with van der Waals surface area (Å²) >= 11 is 0. The van der Waals surface area contributed by atoms with Gasteiger partial charge in [0.1, 0.15) is 6.61 Å². The summed E-state index contributed by atoms with van der Waals surface area (Å²) in [6, 6.07) is 0.473. The number of carbonyl (C=O) groups is 1. The number of hydrogen-bond donors (Lipinski definition) is 0. The predicted molar refractivity (Wildman–Crippen MR) is 91.3 cm³/mol. The Kier molecular flexibility index (Phi) is 4.96. The summed E-state index contributed by atoms with van der Waals surface area (Å²) in [7, 11) is 1.54. The zero-order valence-corrected chi connectivity index (χ0v) is 15.5. The van der Waals surface area contributed by atoms with Crippen molar-refractivity contribution < 1.29 is 23.0 Å². The Morgan fingerprint density at radius 1 is 1.19 bits per heavy atom. The second-order valence-corrected chi connectivity index (χ2v) is 8.35. The van der Waals surface area contributed by atoms with Crippen LogP contribution in [0.1, 0.15) is 25.7 Å². The van der Waals surface area contributed by atoms with Crippen molar-refractivity contribution in [3.05, 3.63) is 0 Å². The van der Waals surface area contributed by atoms with E-state index in [0.29, 0.717) is 32.5 Å². The Labute approximate surface area is 153 Å². The highest BCUT2D eigenvalue weighted by molar-refractivity contribution is 5.77. The third-order valence-electron chi connectivity index (χ3n) is 6.57. The maximum atomic E-state index is 13.4. The molecular weight excluding hydrogens is 344 g/mol. The second-order valence-electron chi connectivity index (χ2n) is 8.35. The molecular formula is C18H29F2N3O3. The lowest BCUT2D eigenvalue weighted by Gasteiger charge is -2.65. The summed E-state index contributed by atoms with van der Waals surface area (Å²) in [5.74, 6) is -2.46. The van der Waals surface area contributed by atoms with Crippen molar-refractivity contribution in [1.82, 2.24) is 14.7 Å². The topological polar surface area (TPSA) is 45.2 Å². The number of halogens is 2. The number of likely N-dealkylation sites (tertiary alicyclic amines) is 1. The molecule has 3 saturated heterocycles. The first-order chi connectivity index (χ1) is 12.4. The fraction of sp³-hybridized carbons (Fsp3) is 0.944. The van der Waals surface area contributed by atoms with Gasteiger partial charge in [-0.2, -0.15) is 0 Å². The van der Waals surface area contributed by atoms with Crippen molar-refractivity contribution in [3.63, 3.8) is 0 Å². The first-order valence-electron chi connectivity index (χ1n) is 9.66. The third-order valence-corrected chi connectivity index (χ3v) is 6.57. The van der Waals surface area contributed by atoms with Crippen molar-refractivity contribution >= 4 is 5.91 Å². The van der Waals surface area contributed by atoms with Crippen LogP contribution >= 0.6 is 0 Å². The third kappa shape index (κ3) is 3.37. The fourth-order valence-corrected chi connectivity index (χ4v) is 5.24. The molecule has 0 N–H and O–H groups in total. The molecule has 0 aromatic carbocycles. The van der Waals surface area contributed by atoms with Crippen LogP contribution < -0.4 is 0 Å². The lowest BCUT2D eigenvalue weighted by Crippen LogP contribution is -2.82. The van der Waals surface area contributed by atoms with Gasteiger partial charge in [0.05, 0.1) is 24.8 Å².